The van der Waals surface area contributed by atoms with Crippen molar-refractivity contribution in [1.82, 2.24) is 4.90 Å². The Morgan fingerprint density at radius 1 is 1.22 bits per heavy atom. The molecule has 0 N–H and O–H groups in total. The second-order valence-corrected chi connectivity index (χ2v) is 7.27. The molecule has 3 nitrogen and oxygen atoms in total. The largest absolute Gasteiger partial charge is 0.416 e. The Morgan fingerprint density at radius 3 is 2.65 bits per heavy atom. The third-order valence-electron chi connectivity index (χ3n) is 3.40. The molecule has 0 spiro atoms. The Bertz CT molecular complexity index is 680. The van der Waals surface area contributed by atoms with Crippen molar-refractivity contribution in [2.45, 2.75) is 6.18 Å². The number of thioether (sulfide) groups is 2. The summed E-state index contributed by atoms with van der Waals surface area (Å²) in [5.41, 5.74) is -0.377. The number of hydrogen-bond donors (Lipinski definition) is 0. The van der Waals surface area contributed by atoms with E-state index in [1.807, 2.05) is 16.7 Å². The number of halogens is 3. The minimum Gasteiger partial charge on any atom is -0.349 e. The lowest BCUT2D eigenvalue weighted by Crippen LogP contribution is -2.35. The predicted octanol–water partition coefficient (Wildman–Crippen LogP) is 3.72. The van der Waals surface area contributed by atoms with E-state index in [9.17, 15) is 18.0 Å². The Labute approximate surface area is 140 Å². The number of nitrogens with zero attached hydrogens (tertiary/aromatic N) is 2. The van der Waals surface area contributed by atoms with Gasteiger partial charge in [0.05, 0.1) is 10.5 Å². The smallest absolute Gasteiger partial charge is 0.349 e. The summed E-state index contributed by atoms with van der Waals surface area (Å²) in [5.74, 6) is 1.58. The van der Waals surface area contributed by atoms with Gasteiger partial charge in [0, 0.05) is 24.6 Å². The topological polar surface area (TPSA) is 32.7 Å². The molecule has 1 amide bonds. The Balaban J connectivity index is 1.78. The summed E-state index contributed by atoms with van der Waals surface area (Å²) in [6.07, 6.45) is -2.92. The fraction of sp³-hybridized carbons (Fsp3) is 0.333. The van der Waals surface area contributed by atoms with Gasteiger partial charge in [0.25, 0.3) is 5.91 Å². The van der Waals surface area contributed by atoms with Crippen LogP contribution < -0.4 is 0 Å². The maximum absolute atomic E-state index is 12.7. The lowest BCUT2D eigenvalue weighted by molar-refractivity contribution is -0.137. The van der Waals surface area contributed by atoms with Gasteiger partial charge in [-0.05, 0) is 35.5 Å². The van der Waals surface area contributed by atoms with Gasteiger partial charge in [0.15, 0.2) is 5.17 Å². The van der Waals surface area contributed by atoms with Gasteiger partial charge in [-0.2, -0.15) is 29.9 Å². The van der Waals surface area contributed by atoms with Gasteiger partial charge in [-0.3, -0.25) is 4.79 Å². The zero-order valence-electron chi connectivity index (χ0n) is 12.0. The molecule has 8 heteroatoms. The van der Waals surface area contributed by atoms with Crippen molar-refractivity contribution in [2.24, 2.45) is 4.99 Å². The van der Waals surface area contributed by atoms with Crippen LogP contribution in [0.25, 0.3) is 6.08 Å². The van der Waals surface area contributed by atoms with Crippen LogP contribution in [0.1, 0.15) is 11.1 Å². The monoisotopic (exact) mass is 358 g/mol. The Hall–Kier alpha value is -1.41. The van der Waals surface area contributed by atoms with Crippen molar-refractivity contribution >= 4 is 40.7 Å². The van der Waals surface area contributed by atoms with Crippen molar-refractivity contribution in [3.63, 3.8) is 0 Å². The number of carbonyl (C=O) groups is 1. The van der Waals surface area contributed by atoms with Crippen LogP contribution in [0.3, 0.4) is 0 Å². The van der Waals surface area contributed by atoms with E-state index >= 15 is 0 Å². The van der Waals surface area contributed by atoms with E-state index in [1.54, 1.807) is 6.07 Å². The second kappa shape index (κ2) is 6.60. The molecule has 0 aromatic heterocycles. The molecule has 0 aliphatic carbocycles. The molecule has 23 heavy (non-hydrogen) atoms. The molecule has 1 fully saturated rings. The van der Waals surface area contributed by atoms with E-state index in [0.717, 1.165) is 36.7 Å². The lowest BCUT2D eigenvalue weighted by atomic mass is 10.1. The van der Waals surface area contributed by atoms with Crippen molar-refractivity contribution < 1.29 is 18.0 Å². The van der Waals surface area contributed by atoms with Crippen LogP contribution in [-0.4, -0.2) is 40.6 Å². The van der Waals surface area contributed by atoms with Crippen LogP contribution in [0, 0.1) is 0 Å². The molecule has 3 rings (SSSR count). The highest BCUT2D eigenvalue weighted by Crippen LogP contribution is 2.33. The van der Waals surface area contributed by atoms with Gasteiger partial charge >= 0.3 is 6.18 Å². The quantitative estimate of drug-likeness (QED) is 0.716. The van der Waals surface area contributed by atoms with Gasteiger partial charge in [0.2, 0.25) is 0 Å². The Kier molecular flexibility index (Phi) is 4.72. The zero-order valence-corrected chi connectivity index (χ0v) is 13.6. The average molecular weight is 358 g/mol. The third-order valence-corrected chi connectivity index (χ3v) is 5.39. The molecule has 1 aromatic carbocycles. The first-order valence-corrected chi connectivity index (χ1v) is 8.93. The minimum atomic E-state index is -4.39. The molecule has 2 aliphatic rings. The first kappa shape index (κ1) is 16.4. The summed E-state index contributed by atoms with van der Waals surface area (Å²) in [4.78, 5) is 18.4. The maximum Gasteiger partial charge on any atom is 0.416 e. The molecule has 0 atom stereocenters. The number of alkyl halides is 3. The molecular weight excluding hydrogens is 345 g/mol. The number of amides is 1. The average Bonchev–Trinajstić information content (AvgIpc) is 2.89. The number of aliphatic imine (C=N–C) groups is 1. The normalized spacial score (nSPS) is 21.0. The second-order valence-electron chi connectivity index (χ2n) is 5.03. The Morgan fingerprint density at radius 2 is 1.96 bits per heavy atom. The molecule has 1 saturated heterocycles. The zero-order chi connectivity index (χ0) is 16.4. The summed E-state index contributed by atoms with van der Waals surface area (Å²) in [6.45, 7) is 1.67. The van der Waals surface area contributed by atoms with Crippen LogP contribution in [0.15, 0.2) is 34.2 Å². The van der Waals surface area contributed by atoms with Gasteiger partial charge in [0.1, 0.15) is 0 Å². The van der Waals surface area contributed by atoms with E-state index < -0.39 is 11.7 Å². The third kappa shape index (κ3) is 3.92. The van der Waals surface area contributed by atoms with Gasteiger partial charge < -0.3 is 4.90 Å². The van der Waals surface area contributed by atoms with Gasteiger partial charge in [-0.25, -0.2) is 0 Å². The molecule has 0 saturated carbocycles. The summed E-state index contributed by atoms with van der Waals surface area (Å²) >= 11 is 3.08. The first-order valence-electron chi connectivity index (χ1n) is 6.96. The van der Waals surface area contributed by atoms with Crippen LogP contribution >= 0.6 is 23.5 Å². The summed E-state index contributed by atoms with van der Waals surface area (Å²) in [7, 11) is 0. The predicted molar refractivity (Wildman–Crippen MR) is 88.4 cm³/mol. The highest BCUT2D eigenvalue weighted by atomic mass is 32.2. The first-order chi connectivity index (χ1) is 10.9. The molecule has 2 aliphatic heterocycles. The number of hydrogen-bond acceptors (Lipinski definition) is 4. The molecule has 0 unspecified atom stereocenters. The van der Waals surface area contributed by atoms with E-state index in [2.05, 4.69) is 4.99 Å². The van der Waals surface area contributed by atoms with Crippen LogP contribution in [-0.2, 0) is 11.0 Å². The molecule has 1 aromatic rings. The van der Waals surface area contributed by atoms with Gasteiger partial charge in [-0.15, -0.1) is 0 Å². The summed E-state index contributed by atoms with van der Waals surface area (Å²) in [5, 5.41) is 0.647. The van der Waals surface area contributed by atoms with Gasteiger partial charge in [-0.1, -0.05) is 12.1 Å². The van der Waals surface area contributed by atoms with Crippen LogP contribution in [0.2, 0.25) is 0 Å². The molecule has 0 bridgehead atoms. The summed E-state index contributed by atoms with van der Waals surface area (Å²) in [6, 6.07) is 4.93. The van der Waals surface area contributed by atoms with E-state index in [-0.39, 0.29) is 5.91 Å². The van der Waals surface area contributed by atoms with E-state index in [4.69, 9.17) is 0 Å². The molecule has 122 valence electrons. The molecule has 0 radical (unpaired) electrons. The van der Waals surface area contributed by atoms with Crippen LogP contribution in [0.4, 0.5) is 13.2 Å². The fourth-order valence-electron chi connectivity index (χ4n) is 2.24. The van der Waals surface area contributed by atoms with E-state index in [1.165, 1.54) is 23.9 Å². The van der Waals surface area contributed by atoms with Crippen molar-refractivity contribution in [3.05, 3.63) is 40.3 Å². The molecular formula is C15H13F3N2OS2. The number of benzene rings is 1. The number of rotatable bonds is 1. The lowest BCUT2D eigenvalue weighted by Gasteiger charge is -2.26. The highest BCUT2D eigenvalue weighted by molar-refractivity contribution is 8.18. The van der Waals surface area contributed by atoms with E-state index in [0.29, 0.717) is 15.6 Å². The highest BCUT2D eigenvalue weighted by Gasteiger charge is 2.31. The van der Waals surface area contributed by atoms with Crippen molar-refractivity contribution in [3.8, 4) is 0 Å². The molecule has 2 heterocycles. The minimum absolute atomic E-state index is 0.348. The standard InChI is InChI=1S/C15H13F3N2OS2/c16-15(17,18)11-3-1-2-10(8-11)9-12-13(21)19-14(23-12)20-4-6-22-7-5-20/h1-3,8-9H,4-7H2/b12-9+. The number of amidine groups is 1. The summed E-state index contributed by atoms with van der Waals surface area (Å²) < 4.78 is 38.2. The maximum atomic E-state index is 12.7. The van der Waals surface area contributed by atoms with Crippen molar-refractivity contribution in [1.29, 1.82) is 0 Å². The number of carbonyl (C=O) groups excluding carboxylic acids is 1. The van der Waals surface area contributed by atoms with Crippen LogP contribution in [0.5, 0.6) is 0 Å². The fourth-order valence-corrected chi connectivity index (χ4v) is 4.11. The van der Waals surface area contributed by atoms with Crippen molar-refractivity contribution in [2.75, 3.05) is 24.6 Å². The SMILES string of the molecule is O=C1N=C(N2CCSCC2)S/C1=C/c1cccc(C(F)(F)F)c1.